The Kier molecular flexibility index (Phi) is 5.87. The lowest BCUT2D eigenvalue weighted by atomic mass is 10.2. The van der Waals surface area contributed by atoms with Crippen LogP contribution in [-0.4, -0.2) is 37.3 Å². The molecule has 0 aliphatic rings. The molecule has 3 aromatic rings. The van der Waals surface area contributed by atoms with Crippen LogP contribution in [0.3, 0.4) is 0 Å². The fraction of sp³-hybridized carbons (Fsp3) is 0.278. The molecule has 2 aromatic heterocycles. The Morgan fingerprint density at radius 2 is 1.92 bits per heavy atom. The van der Waals surface area contributed by atoms with E-state index in [2.05, 4.69) is 4.98 Å². The van der Waals surface area contributed by atoms with E-state index in [9.17, 15) is 13.2 Å². The Bertz CT molecular complexity index is 1030. The Morgan fingerprint density at radius 1 is 1.08 bits per heavy atom. The Labute approximate surface area is 156 Å². The fourth-order valence-electron chi connectivity index (χ4n) is 2.87. The number of nitrogens with zero attached hydrogens (tertiary/aromatic N) is 1. The van der Waals surface area contributed by atoms with E-state index in [0.29, 0.717) is 43.2 Å². The standard InChI is InChI=1S/C18H21N3O3S2/c19-9-3-11-21(12-8-14-4-2-13-25-14)26(23,24)17-6-1-5-16-15(17)7-10-20-18(16)22/h1-2,4-7,10,13H,3,8-9,11-12,19H2,(H,20,22). The van der Waals surface area contributed by atoms with E-state index in [1.165, 1.54) is 10.5 Å². The van der Waals surface area contributed by atoms with Gasteiger partial charge in [0, 0.05) is 34.9 Å². The second kappa shape index (κ2) is 8.13. The molecule has 8 heteroatoms. The zero-order valence-electron chi connectivity index (χ0n) is 14.2. The molecule has 3 N–H and O–H groups in total. The smallest absolute Gasteiger partial charge is 0.255 e. The molecule has 0 saturated heterocycles. The van der Waals surface area contributed by atoms with E-state index in [1.54, 1.807) is 35.6 Å². The van der Waals surface area contributed by atoms with Crippen LogP contribution in [0.2, 0.25) is 0 Å². The van der Waals surface area contributed by atoms with Crippen LogP contribution in [0.25, 0.3) is 10.8 Å². The van der Waals surface area contributed by atoms with Gasteiger partial charge in [0.2, 0.25) is 10.0 Å². The molecular formula is C18H21N3O3S2. The Hall–Kier alpha value is -2.00. The second-order valence-corrected chi connectivity index (χ2v) is 8.84. The van der Waals surface area contributed by atoms with Crippen molar-refractivity contribution in [2.75, 3.05) is 19.6 Å². The van der Waals surface area contributed by atoms with Gasteiger partial charge in [0.15, 0.2) is 0 Å². The molecule has 2 heterocycles. The topological polar surface area (TPSA) is 96.3 Å². The average molecular weight is 392 g/mol. The van der Waals surface area contributed by atoms with E-state index in [1.807, 2.05) is 17.5 Å². The molecule has 0 fully saturated rings. The van der Waals surface area contributed by atoms with Crippen LogP contribution < -0.4 is 11.3 Å². The van der Waals surface area contributed by atoms with Crippen molar-refractivity contribution in [3.8, 4) is 0 Å². The summed E-state index contributed by atoms with van der Waals surface area (Å²) < 4.78 is 28.1. The van der Waals surface area contributed by atoms with E-state index in [-0.39, 0.29) is 10.5 Å². The third kappa shape index (κ3) is 3.88. The van der Waals surface area contributed by atoms with E-state index >= 15 is 0 Å². The van der Waals surface area contributed by atoms with Crippen molar-refractivity contribution in [2.24, 2.45) is 5.73 Å². The summed E-state index contributed by atoms with van der Waals surface area (Å²) in [5.74, 6) is 0. The highest BCUT2D eigenvalue weighted by atomic mass is 32.2. The average Bonchev–Trinajstić information content (AvgIpc) is 3.15. The van der Waals surface area contributed by atoms with Crippen molar-refractivity contribution in [3.63, 3.8) is 0 Å². The minimum absolute atomic E-state index is 0.157. The molecule has 0 spiro atoms. The Balaban J connectivity index is 1.99. The molecule has 0 aliphatic heterocycles. The molecule has 0 bridgehead atoms. The van der Waals surface area contributed by atoms with Crippen LogP contribution in [0, 0.1) is 0 Å². The summed E-state index contributed by atoms with van der Waals surface area (Å²) in [6, 6.07) is 10.4. The normalized spacial score (nSPS) is 12.1. The first-order valence-electron chi connectivity index (χ1n) is 8.37. The number of hydrogen-bond donors (Lipinski definition) is 2. The summed E-state index contributed by atoms with van der Waals surface area (Å²) in [6.07, 6.45) is 2.70. The third-order valence-corrected chi connectivity index (χ3v) is 7.09. The molecular weight excluding hydrogens is 370 g/mol. The molecule has 0 amide bonds. The van der Waals surface area contributed by atoms with Gasteiger partial charge in [-0.3, -0.25) is 4.79 Å². The van der Waals surface area contributed by atoms with Crippen LogP contribution in [0.4, 0.5) is 0 Å². The molecule has 0 unspecified atom stereocenters. The number of H-pyrrole nitrogens is 1. The number of nitrogens with one attached hydrogen (secondary N) is 1. The monoisotopic (exact) mass is 391 g/mol. The lowest BCUT2D eigenvalue weighted by Gasteiger charge is -2.22. The molecule has 0 saturated carbocycles. The highest BCUT2D eigenvalue weighted by molar-refractivity contribution is 7.89. The number of thiophene rings is 1. The van der Waals surface area contributed by atoms with Gasteiger partial charge in [-0.2, -0.15) is 4.31 Å². The lowest BCUT2D eigenvalue weighted by Crippen LogP contribution is -2.35. The third-order valence-electron chi connectivity index (χ3n) is 4.19. The minimum Gasteiger partial charge on any atom is -0.330 e. The number of sulfonamides is 1. The first-order chi connectivity index (χ1) is 12.5. The van der Waals surface area contributed by atoms with Gasteiger partial charge in [0.05, 0.1) is 4.90 Å². The van der Waals surface area contributed by atoms with Gasteiger partial charge in [-0.1, -0.05) is 12.1 Å². The Morgan fingerprint density at radius 3 is 2.65 bits per heavy atom. The van der Waals surface area contributed by atoms with Crippen molar-refractivity contribution in [2.45, 2.75) is 17.7 Å². The van der Waals surface area contributed by atoms with Gasteiger partial charge >= 0.3 is 0 Å². The first-order valence-corrected chi connectivity index (χ1v) is 10.7. The van der Waals surface area contributed by atoms with Gasteiger partial charge in [0.25, 0.3) is 5.56 Å². The largest absolute Gasteiger partial charge is 0.330 e. The molecule has 6 nitrogen and oxygen atoms in total. The number of pyridine rings is 1. The van der Waals surface area contributed by atoms with Crippen molar-refractivity contribution in [1.29, 1.82) is 0 Å². The molecule has 0 radical (unpaired) electrons. The second-order valence-electron chi connectivity index (χ2n) is 5.90. The van der Waals surface area contributed by atoms with Crippen LogP contribution in [0.1, 0.15) is 11.3 Å². The highest BCUT2D eigenvalue weighted by Gasteiger charge is 2.26. The lowest BCUT2D eigenvalue weighted by molar-refractivity contribution is 0.411. The number of fused-ring (bicyclic) bond motifs is 1. The quantitative estimate of drug-likeness (QED) is 0.615. The number of benzene rings is 1. The van der Waals surface area contributed by atoms with Crippen molar-refractivity contribution in [1.82, 2.24) is 9.29 Å². The zero-order valence-corrected chi connectivity index (χ0v) is 15.9. The van der Waals surface area contributed by atoms with Crippen LogP contribution in [0.5, 0.6) is 0 Å². The number of aromatic amines is 1. The van der Waals surface area contributed by atoms with Gasteiger partial charge in [-0.05, 0) is 49.0 Å². The molecule has 138 valence electrons. The number of aromatic nitrogens is 1. The van der Waals surface area contributed by atoms with Crippen LogP contribution in [0.15, 0.2) is 57.7 Å². The van der Waals surface area contributed by atoms with Crippen molar-refractivity contribution >= 4 is 32.1 Å². The van der Waals surface area contributed by atoms with Gasteiger partial charge < -0.3 is 10.7 Å². The van der Waals surface area contributed by atoms with Crippen LogP contribution in [-0.2, 0) is 16.4 Å². The van der Waals surface area contributed by atoms with E-state index in [0.717, 1.165) is 4.88 Å². The van der Waals surface area contributed by atoms with Gasteiger partial charge in [-0.25, -0.2) is 8.42 Å². The number of hydrogen-bond acceptors (Lipinski definition) is 5. The number of nitrogens with two attached hydrogens (primary N) is 1. The van der Waals surface area contributed by atoms with Gasteiger partial charge in [0.1, 0.15) is 0 Å². The molecule has 3 rings (SSSR count). The predicted molar refractivity (Wildman–Crippen MR) is 105 cm³/mol. The number of rotatable bonds is 8. The summed E-state index contributed by atoms with van der Waals surface area (Å²) in [5, 5.41) is 2.78. The first kappa shape index (κ1) is 18.8. The molecule has 26 heavy (non-hydrogen) atoms. The fourth-order valence-corrected chi connectivity index (χ4v) is 5.25. The van der Waals surface area contributed by atoms with Crippen molar-refractivity contribution in [3.05, 3.63) is 63.2 Å². The zero-order chi connectivity index (χ0) is 18.6. The van der Waals surface area contributed by atoms with E-state index in [4.69, 9.17) is 5.73 Å². The SMILES string of the molecule is NCCCN(CCc1cccs1)S(=O)(=O)c1cccc2c(=O)[nH]ccc12. The minimum atomic E-state index is -3.74. The summed E-state index contributed by atoms with van der Waals surface area (Å²) in [5.41, 5.74) is 5.30. The molecule has 1 aromatic carbocycles. The summed E-state index contributed by atoms with van der Waals surface area (Å²) in [6.45, 7) is 1.15. The maximum Gasteiger partial charge on any atom is 0.255 e. The maximum atomic E-state index is 13.3. The van der Waals surface area contributed by atoms with E-state index < -0.39 is 10.0 Å². The maximum absolute atomic E-state index is 13.3. The summed E-state index contributed by atoms with van der Waals surface area (Å²) >= 11 is 1.61. The van der Waals surface area contributed by atoms with Crippen molar-refractivity contribution < 1.29 is 8.42 Å². The summed E-state index contributed by atoms with van der Waals surface area (Å²) in [7, 11) is -3.74. The van der Waals surface area contributed by atoms with Gasteiger partial charge in [-0.15, -0.1) is 11.3 Å². The summed E-state index contributed by atoms with van der Waals surface area (Å²) in [4.78, 5) is 15.9. The predicted octanol–water partition coefficient (Wildman–Crippen LogP) is 2.17. The highest BCUT2D eigenvalue weighted by Crippen LogP contribution is 2.24. The van der Waals surface area contributed by atoms with Crippen LogP contribution >= 0.6 is 11.3 Å². The molecule has 0 aliphatic carbocycles. The molecule has 0 atom stereocenters.